The van der Waals surface area contributed by atoms with Gasteiger partial charge in [0.2, 0.25) is 0 Å². The lowest BCUT2D eigenvalue weighted by molar-refractivity contribution is -0.148. The Morgan fingerprint density at radius 3 is 1.41 bits per heavy atom. The summed E-state index contributed by atoms with van der Waals surface area (Å²) in [5.74, 6) is -1.85. The second kappa shape index (κ2) is 18.4. The highest BCUT2D eigenvalue weighted by molar-refractivity contribution is 7.20. The number of nitrogens with zero attached hydrogens (tertiary/aromatic N) is 2. The molecule has 6 aromatic rings. The van der Waals surface area contributed by atoms with E-state index in [1.54, 1.807) is 14.1 Å². The third-order valence-corrected chi connectivity index (χ3v) is 10.8. The molecule has 0 saturated heterocycles. The number of hydrogen-bond donors (Lipinski definition) is 2. The lowest BCUT2D eigenvalue weighted by Crippen LogP contribution is -2.34. The van der Waals surface area contributed by atoms with Crippen molar-refractivity contribution in [2.45, 2.75) is 37.5 Å². The second-order valence-electron chi connectivity index (χ2n) is 12.3. The summed E-state index contributed by atoms with van der Waals surface area (Å²) in [6, 6.07) is 31.1. The Morgan fingerprint density at radius 1 is 0.661 bits per heavy atom. The van der Waals surface area contributed by atoms with Crippen LogP contribution in [0.5, 0.6) is 11.5 Å². The molecule has 4 aromatic carbocycles. The summed E-state index contributed by atoms with van der Waals surface area (Å²) >= 11 is 2.23. The van der Waals surface area contributed by atoms with Gasteiger partial charge < -0.3 is 18.9 Å². The summed E-state index contributed by atoms with van der Waals surface area (Å²) in [6.45, 7) is 0. The van der Waals surface area contributed by atoms with E-state index in [1.165, 1.54) is 36.4 Å². The number of nitriles is 2. The second-order valence-corrected chi connectivity index (χ2v) is 14.4. The van der Waals surface area contributed by atoms with Crippen molar-refractivity contribution in [2.24, 2.45) is 0 Å². The molecule has 56 heavy (non-hydrogen) atoms. The summed E-state index contributed by atoms with van der Waals surface area (Å²) < 4.78 is 54.2. The molecule has 14 heteroatoms. The fourth-order valence-electron chi connectivity index (χ4n) is 5.91. The summed E-state index contributed by atoms with van der Waals surface area (Å²) in [7, 11) is 3.21. The Bertz CT molecular complexity index is 2270. The van der Waals surface area contributed by atoms with Crippen molar-refractivity contribution < 1.29 is 37.3 Å². The summed E-state index contributed by atoms with van der Waals surface area (Å²) in [5.41, 5.74) is 1.53. The quantitative estimate of drug-likeness (QED) is 0.0556. The minimum Gasteiger partial charge on any atom is -0.484 e. The van der Waals surface area contributed by atoms with Crippen LogP contribution in [-0.2, 0) is 19.1 Å². The Morgan fingerprint density at radius 2 is 1.05 bits per heavy atom. The van der Waals surface area contributed by atoms with Crippen molar-refractivity contribution in [1.82, 2.24) is 10.6 Å². The van der Waals surface area contributed by atoms with Crippen LogP contribution >= 0.6 is 22.7 Å². The number of nitrogens with one attached hydrogen (secondary N) is 2. The van der Waals surface area contributed by atoms with Gasteiger partial charge in [-0.15, -0.1) is 22.7 Å². The Labute approximate surface area is 329 Å². The van der Waals surface area contributed by atoms with Gasteiger partial charge in [-0.1, -0.05) is 60.7 Å². The fourth-order valence-corrected chi connectivity index (χ4v) is 7.76. The largest absolute Gasteiger partial charge is 0.484 e. The van der Waals surface area contributed by atoms with Crippen LogP contribution in [0.3, 0.4) is 0 Å². The van der Waals surface area contributed by atoms with Crippen molar-refractivity contribution in [3.05, 3.63) is 142 Å². The lowest BCUT2D eigenvalue weighted by atomic mass is 10.1. The zero-order chi connectivity index (χ0) is 39.6. The third-order valence-electron chi connectivity index (χ3n) is 8.66. The zero-order valence-electron chi connectivity index (χ0n) is 30.0. The number of ether oxygens (including phenoxy) is 4. The maximum Gasteiger partial charge on any atom is 0.332 e. The molecule has 0 fully saturated rings. The highest BCUT2D eigenvalue weighted by Crippen LogP contribution is 2.39. The number of hydrogen-bond acceptors (Lipinski definition) is 12. The summed E-state index contributed by atoms with van der Waals surface area (Å²) in [5, 5.41) is 25.2. The standard InChI is InChI=1S/C42H34F2N4O6S2/c1-47-37(21-35(25-9-5-3-6-10-25)51-33-15-13-31(43)29-19-27(23-45)55-41(29)33)53-39(49)17-18-40(50)54-38(48-2)22-36(26-11-7-4-8-12-26)52-34-16-14-32(44)30-20-28(24-46)56-42(30)34/h3-20,35-38,47-48H,21-22H2,1-2H3/b18-17+/t35-,36-,37?,38?/m1/s1. The average Bonchev–Trinajstić information content (AvgIpc) is 3.88. The zero-order valence-corrected chi connectivity index (χ0v) is 31.7. The molecule has 0 saturated carbocycles. The summed E-state index contributed by atoms with van der Waals surface area (Å²) in [4.78, 5) is 26.6. The molecular weight excluding hydrogens is 759 g/mol. The fraction of sp³-hybridized carbons (Fsp3) is 0.190. The molecule has 284 valence electrons. The van der Waals surface area contributed by atoms with E-state index in [9.17, 15) is 28.9 Å². The predicted molar refractivity (Wildman–Crippen MR) is 209 cm³/mol. The lowest BCUT2D eigenvalue weighted by Gasteiger charge is -2.25. The molecule has 6 rings (SSSR count). The molecule has 0 radical (unpaired) electrons. The van der Waals surface area contributed by atoms with E-state index in [-0.39, 0.29) is 23.6 Å². The first-order valence-corrected chi connectivity index (χ1v) is 18.9. The molecule has 2 aromatic heterocycles. The molecule has 2 unspecified atom stereocenters. The van der Waals surface area contributed by atoms with Crippen LogP contribution in [0, 0.1) is 34.3 Å². The van der Waals surface area contributed by atoms with Gasteiger partial charge in [-0.25, -0.2) is 18.4 Å². The van der Waals surface area contributed by atoms with Crippen LogP contribution in [0.1, 0.15) is 45.9 Å². The molecule has 10 nitrogen and oxygen atoms in total. The van der Waals surface area contributed by atoms with Gasteiger partial charge in [0.1, 0.15) is 57.2 Å². The molecule has 0 bridgehead atoms. The molecular formula is C42H34F2N4O6S2. The molecule has 4 atom stereocenters. The number of rotatable bonds is 16. The Kier molecular flexibility index (Phi) is 13.0. The molecule has 0 spiro atoms. The van der Waals surface area contributed by atoms with Crippen LogP contribution < -0.4 is 20.1 Å². The number of carbonyl (C=O) groups is 2. The van der Waals surface area contributed by atoms with Gasteiger partial charge in [0.05, 0.1) is 9.40 Å². The van der Waals surface area contributed by atoms with Crippen molar-refractivity contribution in [3.63, 3.8) is 0 Å². The molecule has 0 aliphatic carbocycles. The van der Waals surface area contributed by atoms with Gasteiger partial charge in [0.15, 0.2) is 12.5 Å². The van der Waals surface area contributed by atoms with Crippen molar-refractivity contribution in [2.75, 3.05) is 14.1 Å². The smallest absolute Gasteiger partial charge is 0.332 e. The van der Waals surface area contributed by atoms with Crippen LogP contribution in [0.15, 0.2) is 109 Å². The van der Waals surface area contributed by atoms with E-state index < -0.39 is 48.2 Å². The van der Waals surface area contributed by atoms with Crippen molar-refractivity contribution >= 4 is 54.8 Å². The van der Waals surface area contributed by atoms with Crippen LogP contribution in [-0.4, -0.2) is 38.5 Å². The van der Waals surface area contributed by atoms with Gasteiger partial charge in [-0.2, -0.15) is 10.5 Å². The first kappa shape index (κ1) is 39.5. The van der Waals surface area contributed by atoms with Gasteiger partial charge in [0.25, 0.3) is 0 Å². The van der Waals surface area contributed by atoms with Gasteiger partial charge in [0, 0.05) is 35.8 Å². The Hall–Kier alpha value is -6.16. The maximum atomic E-state index is 14.6. The van der Waals surface area contributed by atoms with E-state index >= 15 is 0 Å². The van der Waals surface area contributed by atoms with Crippen LogP contribution in [0.4, 0.5) is 8.78 Å². The highest BCUT2D eigenvalue weighted by Gasteiger charge is 2.25. The minimum absolute atomic E-state index is 0.131. The SMILES string of the molecule is CNC(C[C@@H](Oc1ccc(F)c2cc(C#N)sc12)c1ccccc1)OC(=O)/C=C/C(=O)OC(C[C@@H](Oc1ccc(F)c2cc(C#N)sc12)c1ccccc1)NC. The molecule has 0 aliphatic rings. The van der Waals surface area contributed by atoms with Gasteiger partial charge in [-0.05, 0) is 61.6 Å². The first-order valence-electron chi connectivity index (χ1n) is 17.3. The molecule has 0 amide bonds. The van der Waals surface area contributed by atoms with Crippen molar-refractivity contribution in [1.29, 1.82) is 10.5 Å². The number of benzene rings is 4. The number of fused-ring (bicyclic) bond motifs is 2. The maximum absolute atomic E-state index is 14.6. The minimum atomic E-state index is -0.873. The van der Waals surface area contributed by atoms with Crippen LogP contribution in [0.25, 0.3) is 20.2 Å². The Balaban J connectivity index is 1.11. The average molecular weight is 793 g/mol. The molecule has 2 heterocycles. The predicted octanol–water partition coefficient (Wildman–Crippen LogP) is 8.59. The van der Waals surface area contributed by atoms with Crippen molar-refractivity contribution in [3.8, 4) is 23.6 Å². The van der Waals surface area contributed by atoms with E-state index in [0.717, 1.165) is 46.0 Å². The highest BCUT2D eigenvalue weighted by atomic mass is 32.1. The monoisotopic (exact) mass is 792 g/mol. The molecule has 2 N–H and O–H groups in total. The van der Waals surface area contributed by atoms with E-state index in [2.05, 4.69) is 10.6 Å². The third kappa shape index (κ3) is 9.55. The van der Waals surface area contributed by atoms with E-state index in [1.807, 2.05) is 72.8 Å². The number of thiophene rings is 2. The van der Waals surface area contributed by atoms with Crippen LogP contribution in [0.2, 0.25) is 0 Å². The molecule has 0 aliphatic heterocycles. The first-order chi connectivity index (χ1) is 27.2. The normalized spacial score (nSPS) is 13.4. The van der Waals surface area contributed by atoms with Gasteiger partial charge in [-0.3, -0.25) is 10.6 Å². The van der Waals surface area contributed by atoms with E-state index in [4.69, 9.17) is 18.9 Å². The number of esters is 2. The number of carbonyl (C=O) groups excluding carboxylic acids is 2. The van der Waals surface area contributed by atoms with Gasteiger partial charge >= 0.3 is 11.9 Å². The van der Waals surface area contributed by atoms with E-state index in [0.29, 0.717) is 30.7 Å². The number of halogens is 2. The summed E-state index contributed by atoms with van der Waals surface area (Å²) in [6.07, 6.45) is -0.887. The topological polar surface area (TPSA) is 143 Å².